The first kappa shape index (κ1) is 17.1. The Morgan fingerprint density at radius 1 is 1.50 bits per heavy atom. The molecule has 0 spiro atoms. The maximum Gasteiger partial charge on any atom is 0.327 e. The van der Waals surface area contributed by atoms with E-state index in [2.05, 4.69) is 29.2 Å². The standard InChI is InChI=1S/C13H24N4O2S/c1-4-19-11(18)13(15-6-5-7-16-17-14)8-12(2,3)9-20-10-13/h15H,4-10H2,1-3H3. The van der Waals surface area contributed by atoms with Crippen LogP contribution in [0.3, 0.4) is 0 Å². The minimum atomic E-state index is -0.612. The molecule has 0 radical (unpaired) electrons. The molecule has 1 aliphatic heterocycles. The molecule has 0 aromatic rings. The Balaban J connectivity index is 2.68. The number of azide groups is 1. The predicted octanol–water partition coefficient (Wildman–Crippen LogP) is 2.74. The van der Waals surface area contributed by atoms with Gasteiger partial charge in [-0.3, -0.25) is 4.79 Å². The maximum atomic E-state index is 12.3. The van der Waals surface area contributed by atoms with Crippen molar-refractivity contribution in [3.8, 4) is 0 Å². The van der Waals surface area contributed by atoms with Crippen LogP contribution in [0.2, 0.25) is 0 Å². The Morgan fingerprint density at radius 3 is 2.85 bits per heavy atom. The lowest BCUT2D eigenvalue weighted by molar-refractivity contribution is -0.151. The van der Waals surface area contributed by atoms with Gasteiger partial charge in [-0.15, -0.1) is 0 Å². The normalized spacial score (nSPS) is 24.8. The van der Waals surface area contributed by atoms with Gasteiger partial charge in [-0.2, -0.15) is 11.8 Å². The van der Waals surface area contributed by atoms with Crippen LogP contribution in [-0.2, 0) is 9.53 Å². The van der Waals surface area contributed by atoms with E-state index in [1.165, 1.54) is 0 Å². The van der Waals surface area contributed by atoms with Gasteiger partial charge in [-0.1, -0.05) is 19.0 Å². The largest absolute Gasteiger partial charge is 0.465 e. The van der Waals surface area contributed by atoms with Crippen molar-refractivity contribution in [2.75, 3.05) is 31.2 Å². The van der Waals surface area contributed by atoms with E-state index in [-0.39, 0.29) is 11.4 Å². The number of rotatable bonds is 7. The molecule has 1 atom stereocenters. The molecule has 0 aliphatic carbocycles. The summed E-state index contributed by atoms with van der Waals surface area (Å²) in [6, 6.07) is 0. The summed E-state index contributed by atoms with van der Waals surface area (Å²) in [6.45, 7) is 7.66. The fourth-order valence-corrected chi connectivity index (χ4v) is 3.96. The lowest BCUT2D eigenvalue weighted by Crippen LogP contribution is -2.59. The van der Waals surface area contributed by atoms with E-state index < -0.39 is 5.54 Å². The third kappa shape index (κ3) is 4.89. The summed E-state index contributed by atoms with van der Waals surface area (Å²) >= 11 is 1.79. The number of thioether (sulfide) groups is 1. The number of hydrogen-bond donors (Lipinski definition) is 1. The van der Waals surface area contributed by atoms with Crippen molar-refractivity contribution in [2.24, 2.45) is 10.5 Å². The van der Waals surface area contributed by atoms with Crippen LogP contribution in [0.1, 0.15) is 33.6 Å². The number of hydrogen-bond acceptors (Lipinski definition) is 5. The van der Waals surface area contributed by atoms with Crippen LogP contribution in [0.25, 0.3) is 10.4 Å². The zero-order valence-electron chi connectivity index (χ0n) is 12.5. The molecular weight excluding hydrogens is 276 g/mol. The molecule has 0 amide bonds. The highest BCUT2D eigenvalue weighted by molar-refractivity contribution is 7.99. The summed E-state index contributed by atoms with van der Waals surface area (Å²) in [5.74, 6) is 1.62. The molecule has 1 aliphatic rings. The Hall–Kier alpha value is -0.910. The van der Waals surface area contributed by atoms with Gasteiger partial charge in [0.1, 0.15) is 5.54 Å². The second-order valence-corrected chi connectivity index (χ2v) is 6.86. The number of carbonyl (C=O) groups is 1. The highest BCUT2D eigenvalue weighted by atomic mass is 32.2. The average molecular weight is 300 g/mol. The van der Waals surface area contributed by atoms with Gasteiger partial charge in [-0.05, 0) is 43.0 Å². The van der Waals surface area contributed by atoms with Crippen LogP contribution in [0.15, 0.2) is 5.11 Å². The molecule has 0 saturated carbocycles. The number of ether oxygens (including phenoxy) is 1. The number of carbonyl (C=O) groups excluding carboxylic acids is 1. The molecule has 1 unspecified atom stereocenters. The molecule has 1 N–H and O–H groups in total. The third-order valence-electron chi connectivity index (χ3n) is 3.25. The summed E-state index contributed by atoms with van der Waals surface area (Å²) in [5.41, 5.74) is 7.74. The number of nitrogens with zero attached hydrogens (tertiary/aromatic N) is 3. The molecule has 0 aromatic heterocycles. The monoisotopic (exact) mass is 300 g/mol. The van der Waals surface area contributed by atoms with E-state index in [0.717, 1.165) is 24.3 Å². The second-order valence-electron chi connectivity index (χ2n) is 5.87. The molecular formula is C13H24N4O2S. The van der Waals surface area contributed by atoms with Gasteiger partial charge >= 0.3 is 5.97 Å². The van der Waals surface area contributed by atoms with Crippen LogP contribution in [0.4, 0.5) is 0 Å². The topological polar surface area (TPSA) is 87.1 Å². The molecule has 1 saturated heterocycles. The summed E-state index contributed by atoms with van der Waals surface area (Å²) in [7, 11) is 0. The molecule has 0 bridgehead atoms. The average Bonchev–Trinajstić information content (AvgIpc) is 2.37. The minimum Gasteiger partial charge on any atom is -0.465 e. The van der Waals surface area contributed by atoms with E-state index in [1.807, 2.05) is 6.92 Å². The van der Waals surface area contributed by atoms with Gasteiger partial charge in [0.25, 0.3) is 0 Å². The lowest BCUT2D eigenvalue weighted by Gasteiger charge is -2.43. The molecule has 1 fully saturated rings. The maximum absolute atomic E-state index is 12.3. The Kier molecular flexibility index (Phi) is 6.65. The minimum absolute atomic E-state index is 0.105. The summed E-state index contributed by atoms with van der Waals surface area (Å²) in [6.07, 6.45) is 1.49. The van der Waals surface area contributed by atoms with E-state index in [1.54, 1.807) is 11.8 Å². The van der Waals surface area contributed by atoms with Crippen molar-refractivity contribution in [1.29, 1.82) is 0 Å². The van der Waals surface area contributed by atoms with Gasteiger partial charge in [0.05, 0.1) is 6.61 Å². The predicted molar refractivity (Wildman–Crippen MR) is 81.7 cm³/mol. The fraction of sp³-hybridized carbons (Fsp3) is 0.923. The van der Waals surface area contributed by atoms with E-state index in [0.29, 0.717) is 19.7 Å². The molecule has 20 heavy (non-hydrogen) atoms. The van der Waals surface area contributed by atoms with Crippen LogP contribution >= 0.6 is 11.8 Å². The zero-order valence-corrected chi connectivity index (χ0v) is 13.3. The first-order valence-electron chi connectivity index (χ1n) is 6.97. The quantitative estimate of drug-likeness (QED) is 0.257. The lowest BCUT2D eigenvalue weighted by atomic mass is 9.79. The second kappa shape index (κ2) is 7.76. The fourth-order valence-electron chi connectivity index (χ4n) is 2.53. The van der Waals surface area contributed by atoms with Gasteiger partial charge in [-0.25, -0.2) is 0 Å². The summed E-state index contributed by atoms with van der Waals surface area (Å²) in [4.78, 5) is 15.1. The van der Waals surface area contributed by atoms with Crippen molar-refractivity contribution in [2.45, 2.75) is 39.2 Å². The molecule has 0 aromatic carbocycles. The van der Waals surface area contributed by atoms with Crippen molar-refractivity contribution in [1.82, 2.24) is 5.32 Å². The van der Waals surface area contributed by atoms with E-state index in [9.17, 15) is 4.79 Å². The van der Waals surface area contributed by atoms with Gasteiger partial charge in [0.2, 0.25) is 0 Å². The number of esters is 1. The van der Waals surface area contributed by atoms with Crippen LogP contribution < -0.4 is 5.32 Å². The first-order valence-corrected chi connectivity index (χ1v) is 8.12. The van der Waals surface area contributed by atoms with E-state index >= 15 is 0 Å². The molecule has 114 valence electrons. The van der Waals surface area contributed by atoms with Gasteiger partial charge < -0.3 is 10.1 Å². The Morgan fingerprint density at radius 2 is 2.25 bits per heavy atom. The zero-order chi connectivity index (χ0) is 15.1. The summed E-state index contributed by atoms with van der Waals surface area (Å²) in [5, 5.41) is 6.86. The van der Waals surface area contributed by atoms with Gasteiger partial charge in [0.15, 0.2) is 0 Å². The molecule has 6 nitrogen and oxygen atoms in total. The molecule has 1 heterocycles. The summed E-state index contributed by atoms with van der Waals surface area (Å²) < 4.78 is 5.26. The van der Waals surface area contributed by atoms with Crippen LogP contribution in [0, 0.1) is 5.41 Å². The van der Waals surface area contributed by atoms with Crippen LogP contribution in [0.5, 0.6) is 0 Å². The van der Waals surface area contributed by atoms with Crippen molar-refractivity contribution in [3.05, 3.63) is 10.4 Å². The highest BCUT2D eigenvalue weighted by Gasteiger charge is 2.46. The number of nitrogens with one attached hydrogen (secondary N) is 1. The Bertz CT molecular complexity index is 383. The third-order valence-corrected chi connectivity index (χ3v) is 4.93. The smallest absolute Gasteiger partial charge is 0.327 e. The highest BCUT2D eigenvalue weighted by Crippen LogP contribution is 2.39. The van der Waals surface area contributed by atoms with Gasteiger partial charge in [0, 0.05) is 17.2 Å². The van der Waals surface area contributed by atoms with Crippen molar-refractivity contribution < 1.29 is 9.53 Å². The van der Waals surface area contributed by atoms with E-state index in [4.69, 9.17) is 10.3 Å². The van der Waals surface area contributed by atoms with Crippen molar-refractivity contribution >= 4 is 17.7 Å². The first-order chi connectivity index (χ1) is 9.46. The van der Waals surface area contributed by atoms with Crippen LogP contribution in [-0.4, -0.2) is 42.7 Å². The Labute approximate surface area is 124 Å². The SMILES string of the molecule is CCOC(=O)C1(NCCCN=[N+]=[N-])CSCC(C)(C)C1. The molecule has 7 heteroatoms. The van der Waals surface area contributed by atoms with Crippen molar-refractivity contribution in [3.63, 3.8) is 0 Å². The molecule has 1 rings (SSSR count).